The summed E-state index contributed by atoms with van der Waals surface area (Å²) in [5, 5.41) is 40.7. The number of benzene rings is 1. The molecule has 1 aromatic carbocycles. The van der Waals surface area contributed by atoms with Gasteiger partial charge in [0.25, 0.3) is 11.4 Å². The van der Waals surface area contributed by atoms with E-state index in [2.05, 4.69) is 11.9 Å². The Bertz CT molecular complexity index is 625. The lowest BCUT2D eigenvalue weighted by molar-refractivity contribution is -0.404. The smallest absolute Gasteiger partial charge is 0.324 e. The zero-order valence-electron chi connectivity index (χ0n) is 13.3. The van der Waals surface area contributed by atoms with Crippen molar-refractivity contribution in [2.75, 3.05) is 20.1 Å². The summed E-state index contributed by atoms with van der Waals surface area (Å²) in [6.07, 6.45) is 3.63. The fraction of sp³-hybridized carbons (Fsp3) is 0.538. The van der Waals surface area contributed by atoms with E-state index in [-0.39, 0.29) is 0 Å². The molecule has 0 amide bonds. The van der Waals surface area contributed by atoms with E-state index >= 15 is 0 Å². The minimum atomic E-state index is -1.21. The van der Waals surface area contributed by atoms with Crippen molar-refractivity contribution in [1.29, 1.82) is 0 Å². The first kappa shape index (κ1) is 20.5. The second-order valence-corrected chi connectivity index (χ2v) is 6.05. The molecule has 1 unspecified atom stereocenters. The van der Waals surface area contributed by atoms with Crippen molar-refractivity contribution in [3.8, 4) is 5.75 Å². The van der Waals surface area contributed by atoms with Crippen LogP contribution in [0.3, 0.4) is 0 Å². The molecule has 1 fully saturated rings. The lowest BCUT2D eigenvalue weighted by Crippen LogP contribution is -2.18. The first-order valence-corrected chi connectivity index (χ1v) is 7.70. The molecule has 0 saturated carbocycles. The Kier molecular flexibility index (Phi) is 7.45. The summed E-state index contributed by atoms with van der Waals surface area (Å²) >= 11 is 5.96. The zero-order valence-corrected chi connectivity index (χ0v) is 14.1. The molecule has 138 valence electrons. The molecule has 1 aliphatic heterocycles. The van der Waals surface area contributed by atoms with Gasteiger partial charge in [-0.2, -0.15) is 0 Å². The van der Waals surface area contributed by atoms with Crippen molar-refractivity contribution in [2.24, 2.45) is 0 Å². The number of likely N-dealkylation sites (tertiary alicyclic amines) is 1. The Morgan fingerprint density at radius 3 is 2.00 bits per heavy atom. The SMILES string of the molecule is CN1CCCC(Cl)CC1.O=[N+]([O-])c1cc([N+](=O)[O-])c(O)c([N+](=O)[O-])c1. The maximum absolute atomic E-state index is 10.4. The Labute approximate surface area is 147 Å². The van der Waals surface area contributed by atoms with Crippen molar-refractivity contribution < 1.29 is 19.9 Å². The van der Waals surface area contributed by atoms with Crippen molar-refractivity contribution in [1.82, 2.24) is 4.90 Å². The van der Waals surface area contributed by atoms with Gasteiger partial charge in [0.05, 0.1) is 26.9 Å². The molecule has 1 saturated heterocycles. The second kappa shape index (κ2) is 9.08. The van der Waals surface area contributed by atoms with Crippen molar-refractivity contribution >= 4 is 28.7 Å². The van der Waals surface area contributed by atoms with E-state index in [9.17, 15) is 30.3 Å². The first-order chi connectivity index (χ1) is 11.6. The van der Waals surface area contributed by atoms with Crippen LogP contribution in [0, 0.1) is 30.3 Å². The largest absolute Gasteiger partial charge is 0.497 e. The number of nitrogens with zero attached hydrogens (tertiary/aromatic N) is 4. The van der Waals surface area contributed by atoms with E-state index in [1.165, 1.54) is 25.9 Å². The molecule has 12 heteroatoms. The van der Waals surface area contributed by atoms with Gasteiger partial charge in [-0.15, -0.1) is 11.6 Å². The van der Waals surface area contributed by atoms with Crippen molar-refractivity contribution in [3.05, 3.63) is 42.5 Å². The molecule has 11 nitrogen and oxygen atoms in total. The number of phenols is 1. The molecule has 0 radical (unpaired) electrons. The van der Waals surface area contributed by atoms with Gasteiger partial charge in [0.2, 0.25) is 0 Å². The Balaban J connectivity index is 0.000000293. The Hall–Kier alpha value is -2.53. The summed E-state index contributed by atoms with van der Waals surface area (Å²) in [5.41, 5.74) is -3.00. The van der Waals surface area contributed by atoms with Crippen LogP contribution in [-0.4, -0.2) is 50.3 Å². The van der Waals surface area contributed by atoms with Gasteiger partial charge in [-0.25, -0.2) is 0 Å². The van der Waals surface area contributed by atoms with Crippen LogP contribution in [0.25, 0.3) is 0 Å². The molecule has 0 spiro atoms. The van der Waals surface area contributed by atoms with Gasteiger partial charge >= 0.3 is 11.4 Å². The molecule has 1 aliphatic rings. The molecule has 1 atom stereocenters. The van der Waals surface area contributed by atoms with Gasteiger partial charge in [0, 0.05) is 5.38 Å². The summed E-state index contributed by atoms with van der Waals surface area (Å²) in [6.45, 7) is 2.40. The lowest BCUT2D eigenvalue weighted by Gasteiger charge is -2.10. The number of halogens is 1. The Morgan fingerprint density at radius 2 is 1.56 bits per heavy atom. The molecule has 1 N–H and O–H groups in total. The van der Waals surface area contributed by atoms with Crippen molar-refractivity contribution in [3.63, 3.8) is 0 Å². The highest BCUT2D eigenvalue weighted by Crippen LogP contribution is 2.38. The maximum atomic E-state index is 10.4. The third-order valence-electron chi connectivity index (χ3n) is 3.54. The molecule has 0 aliphatic carbocycles. The molecule has 1 heterocycles. The normalized spacial score (nSPS) is 17.8. The standard InChI is InChI=1S/C7H14ClN.C6H3N3O7/c1-9-5-2-3-7(8)4-6-9;10-6-4(8(13)14)1-3(7(11)12)2-5(6)9(15)16/h7H,2-6H2,1H3;1-2,10H. The quantitative estimate of drug-likeness (QED) is 0.479. The fourth-order valence-corrected chi connectivity index (χ4v) is 2.42. The van der Waals surface area contributed by atoms with Crippen LogP contribution in [0.5, 0.6) is 5.75 Å². The number of aromatic hydroxyl groups is 1. The second-order valence-electron chi connectivity index (χ2n) is 5.44. The van der Waals surface area contributed by atoms with Crippen LogP contribution in [0.15, 0.2) is 12.1 Å². The first-order valence-electron chi connectivity index (χ1n) is 7.26. The molecule has 2 rings (SSSR count). The summed E-state index contributed by atoms with van der Waals surface area (Å²) in [7, 11) is 2.16. The van der Waals surface area contributed by atoms with E-state index in [0.29, 0.717) is 17.5 Å². The van der Waals surface area contributed by atoms with Crippen molar-refractivity contribution in [2.45, 2.75) is 24.6 Å². The number of phenolic OH excluding ortho intramolecular Hbond substituents is 1. The number of rotatable bonds is 3. The highest BCUT2D eigenvalue weighted by molar-refractivity contribution is 6.20. The lowest BCUT2D eigenvalue weighted by atomic mass is 10.2. The average molecular weight is 377 g/mol. The van der Waals surface area contributed by atoms with Crippen LogP contribution in [-0.2, 0) is 0 Å². The molecular formula is C13H17ClN4O7. The third-order valence-corrected chi connectivity index (χ3v) is 3.98. The summed E-state index contributed by atoms with van der Waals surface area (Å²) in [4.78, 5) is 30.1. The summed E-state index contributed by atoms with van der Waals surface area (Å²) in [6, 6.07) is 0.894. The minimum Gasteiger partial charge on any atom is -0.497 e. The van der Waals surface area contributed by atoms with Crippen LogP contribution in [0.1, 0.15) is 19.3 Å². The van der Waals surface area contributed by atoms with Crippen LogP contribution < -0.4 is 0 Å². The predicted octanol–water partition coefficient (Wildman–Crippen LogP) is 2.83. The van der Waals surface area contributed by atoms with Gasteiger partial charge in [-0.1, -0.05) is 0 Å². The molecule has 0 bridgehead atoms. The van der Waals surface area contributed by atoms with E-state index in [4.69, 9.17) is 16.7 Å². The van der Waals surface area contributed by atoms with Gasteiger partial charge in [0.15, 0.2) is 0 Å². The number of hydrogen-bond acceptors (Lipinski definition) is 8. The topological polar surface area (TPSA) is 153 Å². The molecular weight excluding hydrogens is 360 g/mol. The fourth-order valence-electron chi connectivity index (χ4n) is 2.17. The number of alkyl halides is 1. The van der Waals surface area contributed by atoms with Crippen LogP contribution in [0.2, 0.25) is 0 Å². The zero-order chi connectivity index (χ0) is 19.1. The molecule has 1 aromatic rings. The number of hydrogen-bond donors (Lipinski definition) is 1. The monoisotopic (exact) mass is 376 g/mol. The van der Waals surface area contributed by atoms with Crippen LogP contribution >= 0.6 is 11.6 Å². The van der Waals surface area contributed by atoms with E-state index < -0.39 is 37.6 Å². The van der Waals surface area contributed by atoms with Gasteiger partial charge in [-0.05, 0) is 39.4 Å². The maximum Gasteiger partial charge on any atom is 0.324 e. The number of nitro benzene ring substituents is 3. The summed E-state index contributed by atoms with van der Waals surface area (Å²) in [5.74, 6) is -1.21. The van der Waals surface area contributed by atoms with E-state index in [1.807, 2.05) is 0 Å². The van der Waals surface area contributed by atoms with E-state index in [0.717, 1.165) is 6.42 Å². The van der Waals surface area contributed by atoms with Gasteiger partial charge in [-0.3, -0.25) is 30.3 Å². The van der Waals surface area contributed by atoms with E-state index in [1.54, 1.807) is 0 Å². The highest BCUT2D eigenvalue weighted by Gasteiger charge is 2.30. The van der Waals surface area contributed by atoms with Crippen LogP contribution in [0.4, 0.5) is 17.1 Å². The molecule has 25 heavy (non-hydrogen) atoms. The average Bonchev–Trinajstić information content (AvgIpc) is 2.71. The minimum absolute atomic E-state index is 0.440. The summed E-state index contributed by atoms with van der Waals surface area (Å²) < 4.78 is 0. The third kappa shape index (κ3) is 6.12. The Morgan fingerprint density at radius 1 is 1.04 bits per heavy atom. The highest BCUT2D eigenvalue weighted by atomic mass is 35.5. The number of nitro groups is 3. The van der Waals surface area contributed by atoms with Gasteiger partial charge < -0.3 is 10.0 Å². The van der Waals surface area contributed by atoms with Gasteiger partial charge in [0.1, 0.15) is 0 Å². The predicted molar refractivity (Wildman–Crippen MR) is 89.1 cm³/mol. The molecule has 0 aromatic heterocycles. The number of non-ortho nitro benzene ring substituents is 1.